The molecule has 0 aliphatic rings. The van der Waals surface area contributed by atoms with Crippen molar-refractivity contribution in [3.63, 3.8) is 0 Å². The van der Waals surface area contributed by atoms with Gasteiger partial charge in [0, 0.05) is 23.0 Å². The SMILES string of the molecule is C/C=C\C(=C/C)Nc1ccnc2ccccc12.CC.CC(C)C. The van der Waals surface area contributed by atoms with Crippen molar-refractivity contribution in [1.29, 1.82) is 0 Å². The molecule has 2 rings (SSSR count). The standard InChI is InChI=1S/C15H16N2.C4H10.C2H6/c1-3-7-12(4-2)17-15-10-11-16-14-9-6-5-8-13(14)15;1-4(2)3;1-2/h3-11H,1-2H3,(H,16,17);4H,1-3H3;1-2H3/b7-3-,12-4+;;. The maximum Gasteiger partial charge on any atom is 0.0722 e. The average molecular weight is 313 g/mol. The number of hydrogen-bond donors (Lipinski definition) is 1. The second-order valence-corrected chi connectivity index (χ2v) is 5.48. The molecule has 2 heteroatoms. The van der Waals surface area contributed by atoms with E-state index in [2.05, 4.69) is 49.3 Å². The van der Waals surface area contributed by atoms with Crippen molar-refractivity contribution in [2.45, 2.75) is 48.5 Å². The molecule has 0 aliphatic carbocycles. The fraction of sp³-hybridized carbons (Fsp3) is 0.381. The topological polar surface area (TPSA) is 24.9 Å². The molecule has 0 saturated heterocycles. The van der Waals surface area contributed by atoms with Crippen LogP contribution in [-0.2, 0) is 0 Å². The zero-order chi connectivity index (χ0) is 17.7. The molecule has 1 heterocycles. The maximum absolute atomic E-state index is 4.34. The van der Waals surface area contributed by atoms with Crippen LogP contribution in [0.15, 0.2) is 60.5 Å². The molecule has 1 aromatic carbocycles. The Morgan fingerprint density at radius 1 is 1.04 bits per heavy atom. The quantitative estimate of drug-likeness (QED) is 0.629. The molecule has 0 saturated carbocycles. The van der Waals surface area contributed by atoms with Crippen molar-refractivity contribution in [1.82, 2.24) is 4.98 Å². The Bertz CT molecular complexity index is 602. The molecule has 2 nitrogen and oxygen atoms in total. The number of rotatable bonds is 3. The summed E-state index contributed by atoms with van der Waals surface area (Å²) in [4.78, 5) is 4.34. The van der Waals surface area contributed by atoms with E-state index < -0.39 is 0 Å². The lowest BCUT2D eigenvalue weighted by Crippen LogP contribution is -1.97. The Hall–Kier alpha value is -2.09. The minimum absolute atomic E-state index is 0.833. The number of fused-ring (bicyclic) bond motifs is 1. The summed E-state index contributed by atoms with van der Waals surface area (Å²) in [6.45, 7) is 14.5. The number of pyridine rings is 1. The molecule has 0 spiro atoms. The second kappa shape index (κ2) is 12.5. The zero-order valence-electron chi connectivity index (χ0n) is 15.7. The summed E-state index contributed by atoms with van der Waals surface area (Å²) < 4.78 is 0. The van der Waals surface area contributed by atoms with Crippen molar-refractivity contribution < 1.29 is 0 Å². The Morgan fingerprint density at radius 2 is 1.65 bits per heavy atom. The van der Waals surface area contributed by atoms with Crippen LogP contribution in [0.4, 0.5) is 5.69 Å². The van der Waals surface area contributed by atoms with Gasteiger partial charge >= 0.3 is 0 Å². The Morgan fingerprint density at radius 3 is 2.22 bits per heavy atom. The molecule has 1 aromatic heterocycles. The van der Waals surface area contributed by atoms with E-state index in [4.69, 9.17) is 0 Å². The lowest BCUT2D eigenvalue weighted by molar-refractivity contribution is 0.737. The Balaban J connectivity index is 0.000000705. The molecule has 0 aliphatic heterocycles. The number of nitrogens with one attached hydrogen (secondary N) is 1. The fourth-order valence-corrected chi connectivity index (χ4v) is 1.75. The highest BCUT2D eigenvalue weighted by molar-refractivity contribution is 5.91. The van der Waals surface area contributed by atoms with Crippen LogP contribution in [0.1, 0.15) is 48.5 Å². The fourth-order valence-electron chi connectivity index (χ4n) is 1.75. The molecule has 0 atom stereocenters. The number of nitrogens with zero attached hydrogens (tertiary/aromatic N) is 1. The number of anilines is 1. The Kier molecular flexibility index (Phi) is 11.3. The highest BCUT2D eigenvalue weighted by Crippen LogP contribution is 2.22. The monoisotopic (exact) mass is 312 g/mol. The predicted molar refractivity (Wildman–Crippen MR) is 106 cm³/mol. The number of aromatic nitrogens is 1. The van der Waals surface area contributed by atoms with Crippen molar-refractivity contribution in [3.8, 4) is 0 Å². The summed E-state index contributed by atoms with van der Waals surface area (Å²) in [5.41, 5.74) is 3.18. The summed E-state index contributed by atoms with van der Waals surface area (Å²) in [6, 6.07) is 10.1. The molecule has 0 radical (unpaired) electrons. The number of hydrogen-bond acceptors (Lipinski definition) is 2. The first-order valence-corrected chi connectivity index (χ1v) is 8.48. The van der Waals surface area contributed by atoms with Crippen LogP contribution >= 0.6 is 0 Å². The van der Waals surface area contributed by atoms with E-state index in [1.165, 1.54) is 0 Å². The van der Waals surface area contributed by atoms with Gasteiger partial charge in [-0.15, -0.1) is 0 Å². The van der Waals surface area contributed by atoms with Gasteiger partial charge in [0.05, 0.1) is 5.52 Å². The van der Waals surface area contributed by atoms with Crippen molar-refractivity contribution in [3.05, 3.63) is 60.5 Å². The Labute approximate surface area is 142 Å². The molecule has 1 N–H and O–H groups in total. The van der Waals surface area contributed by atoms with Gasteiger partial charge in [0.25, 0.3) is 0 Å². The molecule has 0 bridgehead atoms. The summed E-state index contributed by atoms with van der Waals surface area (Å²) in [5.74, 6) is 0.833. The summed E-state index contributed by atoms with van der Waals surface area (Å²) >= 11 is 0. The van der Waals surface area contributed by atoms with Gasteiger partial charge in [-0.05, 0) is 38.0 Å². The third-order valence-corrected chi connectivity index (χ3v) is 2.59. The number of benzene rings is 1. The first kappa shape index (κ1) is 20.9. The third kappa shape index (κ3) is 8.20. The molecule has 0 unspecified atom stereocenters. The van der Waals surface area contributed by atoms with Crippen LogP contribution in [0.2, 0.25) is 0 Å². The van der Waals surface area contributed by atoms with Gasteiger partial charge in [0.1, 0.15) is 0 Å². The molecule has 23 heavy (non-hydrogen) atoms. The summed E-state index contributed by atoms with van der Waals surface area (Å²) in [5, 5.41) is 4.54. The van der Waals surface area contributed by atoms with Crippen LogP contribution in [0.3, 0.4) is 0 Å². The van der Waals surface area contributed by atoms with Crippen molar-refractivity contribution >= 4 is 16.6 Å². The van der Waals surface area contributed by atoms with E-state index in [9.17, 15) is 0 Å². The van der Waals surface area contributed by atoms with Crippen LogP contribution in [0.5, 0.6) is 0 Å². The average Bonchev–Trinajstić information content (AvgIpc) is 2.56. The van der Waals surface area contributed by atoms with Gasteiger partial charge in [-0.2, -0.15) is 0 Å². The van der Waals surface area contributed by atoms with Crippen LogP contribution < -0.4 is 5.32 Å². The normalized spacial score (nSPS) is 10.9. The molecular weight excluding hydrogens is 280 g/mol. The van der Waals surface area contributed by atoms with E-state index in [0.717, 1.165) is 28.2 Å². The lowest BCUT2D eigenvalue weighted by Gasteiger charge is -2.09. The van der Waals surface area contributed by atoms with Crippen LogP contribution in [0.25, 0.3) is 10.9 Å². The predicted octanol–water partition coefficient (Wildman–Crippen LogP) is 6.82. The number of para-hydroxylation sites is 1. The van der Waals surface area contributed by atoms with E-state index in [1.807, 2.05) is 64.2 Å². The highest BCUT2D eigenvalue weighted by atomic mass is 14.9. The van der Waals surface area contributed by atoms with E-state index in [0.29, 0.717) is 0 Å². The van der Waals surface area contributed by atoms with E-state index in [-0.39, 0.29) is 0 Å². The molecule has 126 valence electrons. The molecule has 0 amide bonds. The molecule has 0 fully saturated rings. The van der Waals surface area contributed by atoms with Gasteiger partial charge in [-0.25, -0.2) is 0 Å². The van der Waals surface area contributed by atoms with Gasteiger partial charge in [-0.1, -0.05) is 65.0 Å². The van der Waals surface area contributed by atoms with E-state index >= 15 is 0 Å². The minimum Gasteiger partial charge on any atom is -0.355 e. The highest BCUT2D eigenvalue weighted by Gasteiger charge is 2.00. The van der Waals surface area contributed by atoms with Crippen molar-refractivity contribution in [2.24, 2.45) is 5.92 Å². The first-order valence-electron chi connectivity index (χ1n) is 8.48. The van der Waals surface area contributed by atoms with E-state index in [1.54, 1.807) is 0 Å². The summed E-state index contributed by atoms with van der Waals surface area (Å²) in [7, 11) is 0. The first-order chi connectivity index (χ1) is 11.1. The van der Waals surface area contributed by atoms with Gasteiger partial charge in [0.2, 0.25) is 0 Å². The third-order valence-electron chi connectivity index (χ3n) is 2.59. The van der Waals surface area contributed by atoms with Crippen molar-refractivity contribution in [2.75, 3.05) is 5.32 Å². The summed E-state index contributed by atoms with van der Waals surface area (Å²) in [6.07, 6.45) is 7.95. The van der Waals surface area contributed by atoms with Gasteiger partial charge in [0.15, 0.2) is 0 Å². The van der Waals surface area contributed by atoms with Gasteiger partial charge in [-0.3, -0.25) is 4.98 Å². The van der Waals surface area contributed by atoms with Crippen LogP contribution in [0, 0.1) is 5.92 Å². The largest absolute Gasteiger partial charge is 0.355 e. The molecular formula is C21H32N2. The zero-order valence-corrected chi connectivity index (χ0v) is 15.7. The van der Waals surface area contributed by atoms with Gasteiger partial charge < -0.3 is 5.32 Å². The molecule has 2 aromatic rings. The van der Waals surface area contributed by atoms with Crippen LogP contribution in [-0.4, -0.2) is 4.98 Å². The lowest BCUT2D eigenvalue weighted by atomic mass is 10.2. The maximum atomic E-state index is 4.34. The number of allylic oxidation sites excluding steroid dienone is 3. The smallest absolute Gasteiger partial charge is 0.0722 e. The minimum atomic E-state index is 0.833. The second-order valence-electron chi connectivity index (χ2n) is 5.48.